The monoisotopic (exact) mass is 292 g/mol. The Labute approximate surface area is 120 Å². The average Bonchev–Trinajstić information content (AvgIpc) is 2.83. The lowest BCUT2D eigenvalue weighted by Gasteiger charge is -2.14. The van der Waals surface area contributed by atoms with Gasteiger partial charge in [0.05, 0.1) is 22.4 Å². The van der Waals surface area contributed by atoms with Gasteiger partial charge in [-0.25, -0.2) is 4.98 Å². The maximum Gasteiger partial charge on any atom is 0.124 e. The number of aromatic nitrogens is 1. The van der Waals surface area contributed by atoms with Crippen molar-refractivity contribution >= 4 is 17.0 Å². The maximum absolute atomic E-state index is 10.0. The molecule has 0 aliphatic heterocycles. The van der Waals surface area contributed by atoms with Gasteiger partial charge in [0, 0.05) is 5.56 Å². The van der Waals surface area contributed by atoms with Gasteiger partial charge in [-0.3, -0.25) is 10.4 Å². The summed E-state index contributed by atoms with van der Waals surface area (Å²) in [4.78, 5) is 5.60. The van der Waals surface area contributed by atoms with Gasteiger partial charge in [0.25, 0.3) is 0 Å². The number of hydrogen-bond acceptors (Lipinski definition) is 6. The van der Waals surface area contributed by atoms with Gasteiger partial charge >= 0.3 is 0 Å². The van der Waals surface area contributed by atoms with E-state index in [2.05, 4.69) is 4.98 Å². The van der Waals surface area contributed by atoms with Crippen LogP contribution in [0.25, 0.3) is 10.6 Å². The van der Waals surface area contributed by atoms with Crippen LogP contribution in [0.3, 0.4) is 0 Å². The number of aliphatic hydroxyl groups excluding tert-OH is 1. The summed E-state index contributed by atoms with van der Waals surface area (Å²) >= 11 is 1.53. The Bertz CT molecular complexity index is 639. The van der Waals surface area contributed by atoms with Crippen LogP contribution in [-0.4, -0.2) is 20.5 Å². The molecule has 1 aromatic carbocycles. The summed E-state index contributed by atoms with van der Waals surface area (Å²) in [7, 11) is 0. The largest absolute Gasteiger partial charge is 0.388 e. The van der Waals surface area contributed by atoms with Crippen LogP contribution < -0.4 is 5.23 Å². The van der Waals surface area contributed by atoms with Crippen molar-refractivity contribution in [1.82, 2.24) is 4.98 Å². The second kappa shape index (κ2) is 5.14. The first-order chi connectivity index (χ1) is 9.56. The zero-order valence-electron chi connectivity index (χ0n) is 11.1. The molecule has 3 rings (SSSR count). The Morgan fingerprint density at radius 2 is 2.15 bits per heavy atom. The summed E-state index contributed by atoms with van der Waals surface area (Å²) in [5.41, 5.74) is 3.18. The molecule has 0 fully saturated rings. The van der Waals surface area contributed by atoms with E-state index in [9.17, 15) is 5.11 Å². The van der Waals surface area contributed by atoms with Gasteiger partial charge in [-0.15, -0.1) is 16.6 Å². The van der Waals surface area contributed by atoms with E-state index >= 15 is 0 Å². The van der Waals surface area contributed by atoms with Crippen molar-refractivity contribution in [2.75, 3.05) is 5.23 Å². The fourth-order valence-electron chi connectivity index (χ4n) is 2.52. The van der Waals surface area contributed by atoms with E-state index in [0.717, 1.165) is 46.0 Å². The molecule has 5 nitrogen and oxygen atoms in total. The second-order valence-electron chi connectivity index (χ2n) is 5.03. The number of rotatable bonds is 2. The van der Waals surface area contributed by atoms with E-state index < -0.39 is 6.10 Å². The highest BCUT2D eigenvalue weighted by molar-refractivity contribution is 7.15. The van der Waals surface area contributed by atoms with E-state index in [-0.39, 0.29) is 5.23 Å². The van der Waals surface area contributed by atoms with Gasteiger partial charge in [0.15, 0.2) is 0 Å². The summed E-state index contributed by atoms with van der Waals surface area (Å²) in [6.45, 7) is 1.90. The zero-order chi connectivity index (χ0) is 14.3. The third-order valence-electron chi connectivity index (χ3n) is 3.59. The highest BCUT2D eigenvalue weighted by Crippen LogP contribution is 2.39. The normalized spacial score (nSPS) is 17.9. The van der Waals surface area contributed by atoms with Gasteiger partial charge in [-0.05, 0) is 49.9 Å². The third-order valence-corrected chi connectivity index (χ3v) is 4.82. The van der Waals surface area contributed by atoms with Crippen LogP contribution in [0, 0.1) is 6.92 Å². The molecule has 3 N–H and O–H groups in total. The molecule has 1 atom stereocenters. The fourth-order valence-corrected chi connectivity index (χ4v) is 3.75. The molecule has 0 amide bonds. The Morgan fingerprint density at radius 3 is 2.80 bits per heavy atom. The minimum Gasteiger partial charge on any atom is -0.388 e. The first kappa shape index (κ1) is 13.5. The number of thiazole rings is 1. The molecule has 2 aromatic rings. The topological polar surface area (TPSA) is 76.8 Å². The maximum atomic E-state index is 10.0. The molecule has 0 saturated heterocycles. The second-order valence-corrected chi connectivity index (χ2v) is 6.06. The van der Waals surface area contributed by atoms with Gasteiger partial charge in [0.2, 0.25) is 0 Å². The van der Waals surface area contributed by atoms with Crippen molar-refractivity contribution in [1.29, 1.82) is 0 Å². The lowest BCUT2D eigenvalue weighted by atomic mass is 10.0. The van der Waals surface area contributed by atoms with Crippen molar-refractivity contribution in [2.45, 2.75) is 32.3 Å². The van der Waals surface area contributed by atoms with E-state index in [1.165, 1.54) is 11.3 Å². The van der Waals surface area contributed by atoms with E-state index in [0.29, 0.717) is 5.69 Å². The van der Waals surface area contributed by atoms with Crippen molar-refractivity contribution in [3.8, 4) is 10.6 Å². The molecule has 1 aliphatic rings. The third kappa shape index (κ3) is 2.31. The van der Waals surface area contributed by atoms with Crippen LogP contribution in [0.5, 0.6) is 0 Å². The molecule has 6 heteroatoms. The molecule has 106 valence electrons. The number of aliphatic hydroxyl groups is 1. The number of hydrogen-bond donors (Lipinski definition) is 3. The number of aryl methyl sites for hydroxylation is 2. The van der Waals surface area contributed by atoms with Crippen molar-refractivity contribution in [3.05, 3.63) is 34.3 Å². The number of nitrogens with zero attached hydrogens (tertiary/aromatic N) is 2. The summed E-state index contributed by atoms with van der Waals surface area (Å²) in [6, 6.07) is 5.13. The number of benzene rings is 1. The highest BCUT2D eigenvalue weighted by Gasteiger charge is 2.23. The molecule has 1 heterocycles. The number of anilines is 1. The Kier molecular flexibility index (Phi) is 3.47. The lowest BCUT2D eigenvalue weighted by Crippen LogP contribution is -2.10. The minimum atomic E-state index is -0.394. The van der Waals surface area contributed by atoms with Crippen LogP contribution in [0.4, 0.5) is 5.69 Å². The molecular formula is C14H16N2O3S. The van der Waals surface area contributed by atoms with Crippen LogP contribution in [-0.2, 0) is 6.42 Å². The SMILES string of the molecule is Cc1cc(N(O)O)ccc1-c1nc2c(s1)C(O)CCC2. The predicted molar refractivity (Wildman–Crippen MR) is 76.2 cm³/mol. The minimum absolute atomic E-state index is 0.105. The van der Waals surface area contributed by atoms with Crippen molar-refractivity contribution in [3.63, 3.8) is 0 Å². The van der Waals surface area contributed by atoms with E-state index in [1.54, 1.807) is 12.1 Å². The molecular weight excluding hydrogens is 276 g/mol. The van der Waals surface area contributed by atoms with Crippen LogP contribution in [0.2, 0.25) is 0 Å². The molecule has 1 unspecified atom stereocenters. The van der Waals surface area contributed by atoms with Crippen LogP contribution in [0.15, 0.2) is 18.2 Å². The summed E-state index contributed by atoms with van der Waals surface area (Å²) in [5, 5.41) is 29.0. The molecule has 1 aromatic heterocycles. The summed E-state index contributed by atoms with van der Waals surface area (Å²) < 4.78 is 0. The number of fused-ring (bicyclic) bond motifs is 1. The Hall–Kier alpha value is -1.47. The molecule has 0 bridgehead atoms. The first-order valence-corrected chi connectivity index (χ1v) is 7.34. The van der Waals surface area contributed by atoms with Gasteiger partial charge in [-0.1, -0.05) is 0 Å². The summed E-state index contributed by atoms with van der Waals surface area (Å²) in [6.07, 6.45) is 2.30. The van der Waals surface area contributed by atoms with E-state index in [1.807, 2.05) is 13.0 Å². The molecule has 1 aliphatic carbocycles. The molecule has 0 spiro atoms. The highest BCUT2D eigenvalue weighted by atomic mass is 32.1. The average molecular weight is 292 g/mol. The van der Waals surface area contributed by atoms with Crippen molar-refractivity contribution < 1.29 is 15.5 Å². The van der Waals surface area contributed by atoms with Crippen LogP contribution >= 0.6 is 11.3 Å². The molecule has 0 radical (unpaired) electrons. The first-order valence-electron chi connectivity index (χ1n) is 6.53. The van der Waals surface area contributed by atoms with Gasteiger partial charge < -0.3 is 5.11 Å². The van der Waals surface area contributed by atoms with Crippen LogP contribution in [0.1, 0.15) is 35.1 Å². The lowest BCUT2D eigenvalue weighted by molar-refractivity contribution is 0.0291. The molecule has 0 saturated carbocycles. The van der Waals surface area contributed by atoms with Gasteiger partial charge in [-0.2, -0.15) is 0 Å². The standard InChI is InChI=1S/C14H16N2O3S/c1-8-7-9(16(18)19)5-6-10(8)14-15-11-3-2-4-12(17)13(11)20-14/h5-7,12,17-19H,2-4H2,1H3. The van der Waals surface area contributed by atoms with E-state index in [4.69, 9.17) is 10.4 Å². The Morgan fingerprint density at radius 1 is 1.35 bits per heavy atom. The zero-order valence-corrected chi connectivity index (χ0v) is 11.9. The smallest absolute Gasteiger partial charge is 0.124 e. The Balaban J connectivity index is 2.01. The predicted octanol–water partition coefficient (Wildman–Crippen LogP) is 3.07. The van der Waals surface area contributed by atoms with Crippen molar-refractivity contribution in [2.24, 2.45) is 0 Å². The summed E-state index contributed by atoms with van der Waals surface area (Å²) in [5.74, 6) is 0. The molecule has 20 heavy (non-hydrogen) atoms. The quantitative estimate of drug-likeness (QED) is 0.742. The fraction of sp³-hybridized carbons (Fsp3) is 0.357. The van der Waals surface area contributed by atoms with Gasteiger partial charge in [0.1, 0.15) is 5.01 Å².